The maximum absolute atomic E-state index is 12.8. The van der Waals surface area contributed by atoms with Gasteiger partial charge in [-0.15, -0.1) is 0 Å². The minimum absolute atomic E-state index is 0.0467. The molecule has 0 unspecified atom stereocenters. The van der Waals surface area contributed by atoms with Gasteiger partial charge in [0, 0.05) is 17.7 Å². The molecule has 0 aliphatic carbocycles. The number of hydrogen-bond acceptors (Lipinski definition) is 3. The van der Waals surface area contributed by atoms with Crippen LogP contribution in [0.1, 0.15) is 29.0 Å². The maximum atomic E-state index is 12.8. The Hall–Kier alpha value is -2.02. The molecule has 0 radical (unpaired) electrons. The lowest BCUT2D eigenvalue weighted by Gasteiger charge is -2.11. The van der Waals surface area contributed by atoms with Crippen LogP contribution in [0.2, 0.25) is 5.02 Å². The number of halogens is 4. The molecule has 2 rings (SSSR count). The van der Waals surface area contributed by atoms with Gasteiger partial charge < -0.3 is 9.84 Å². The molecule has 0 atom stereocenters. The van der Waals surface area contributed by atoms with E-state index < -0.39 is 22.7 Å². The van der Waals surface area contributed by atoms with Crippen molar-refractivity contribution in [3.8, 4) is 0 Å². The van der Waals surface area contributed by atoms with Crippen LogP contribution < -0.4 is 5.32 Å². The van der Waals surface area contributed by atoms with E-state index >= 15 is 0 Å². The molecule has 1 amide bonds. The highest BCUT2D eigenvalue weighted by Crippen LogP contribution is 2.36. The van der Waals surface area contributed by atoms with Crippen LogP contribution in [-0.2, 0) is 17.4 Å². The summed E-state index contributed by atoms with van der Waals surface area (Å²) in [7, 11) is 0. The first-order chi connectivity index (χ1) is 10.7. The number of carbonyl (C=O) groups is 1. The Morgan fingerprint density at radius 2 is 2.04 bits per heavy atom. The predicted octanol–water partition coefficient (Wildman–Crippen LogP) is 4.53. The van der Waals surface area contributed by atoms with Crippen molar-refractivity contribution in [2.75, 3.05) is 5.32 Å². The molecule has 0 saturated carbocycles. The number of anilines is 1. The number of benzene rings is 1. The molecule has 8 heteroatoms. The quantitative estimate of drug-likeness (QED) is 0.884. The fourth-order valence-corrected chi connectivity index (χ4v) is 2.37. The Balaban J connectivity index is 2.03. The molecule has 1 heterocycles. The molecular formula is C15H14ClF3N2O2. The standard InChI is InChI=1S/C15H14ClF3N2O2/c1-8-11(9(2)23-21-8)4-6-14(22)20-10-3-5-13(16)12(7-10)15(17,18)19/h3,5,7H,4,6H2,1-2H3,(H,20,22). The largest absolute Gasteiger partial charge is 0.417 e. The third kappa shape index (κ3) is 4.25. The van der Waals surface area contributed by atoms with Crippen molar-refractivity contribution in [3.05, 3.63) is 45.8 Å². The van der Waals surface area contributed by atoms with Gasteiger partial charge >= 0.3 is 6.18 Å². The average Bonchev–Trinajstić information content (AvgIpc) is 2.77. The van der Waals surface area contributed by atoms with Gasteiger partial charge in [0.2, 0.25) is 5.91 Å². The van der Waals surface area contributed by atoms with Gasteiger partial charge in [-0.2, -0.15) is 13.2 Å². The van der Waals surface area contributed by atoms with Gasteiger partial charge in [-0.1, -0.05) is 16.8 Å². The van der Waals surface area contributed by atoms with Crippen LogP contribution in [0, 0.1) is 13.8 Å². The van der Waals surface area contributed by atoms with E-state index in [4.69, 9.17) is 16.1 Å². The van der Waals surface area contributed by atoms with E-state index in [1.54, 1.807) is 13.8 Å². The topological polar surface area (TPSA) is 55.1 Å². The lowest BCUT2D eigenvalue weighted by molar-refractivity contribution is -0.137. The highest BCUT2D eigenvalue weighted by atomic mass is 35.5. The highest BCUT2D eigenvalue weighted by Gasteiger charge is 2.33. The lowest BCUT2D eigenvalue weighted by Crippen LogP contribution is -2.14. The van der Waals surface area contributed by atoms with E-state index in [0.29, 0.717) is 17.9 Å². The summed E-state index contributed by atoms with van der Waals surface area (Å²) in [5.41, 5.74) is 0.585. The SMILES string of the molecule is Cc1noc(C)c1CCC(=O)Nc1ccc(Cl)c(C(F)(F)F)c1. The van der Waals surface area contributed by atoms with Crippen molar-refractivity contribution in [1.82, 2.24) is 5.16 Å². The number of carbonyl (C=O) groups excluding carboxylic acids is 1. The van der Waals surface area contributed by atoms with Gasteiger partial charge in [0.05, 0.1) is 16.3 Å². The minimum Gasteiger partial charge on any atom is -0.361 e. The number of nitrogens with one attached hydrogen (secondary N) is 1. The van der Waals surface area contributed by atoms with Crippen LogP contribution in [0.4, 0.5) is 18.9 Å². The molecule has 0 aliphatic rings. The van der Waals surface area contributed by atoms with Crippen molar-refractivity contribution in [2.45, 2.75) is 32.9 Å². The first-order valence-electron chi connectivity index (χ1n) is 6.77. The fourth-order valence-electron chi connectivity index (χ4n) is 2.14. The van der Waals surface area contributed by atoms with Crippen LogP contribution in [-0.4, -0.2) is 11.1 Å². The zero-order chi connectivity index (χ0) is 17.2. The molecule has 1 aromatic carbocycles. The van der Waals surface area contributed by atoms with Crippen LogP contribution in [0.5, 0.6) is 0 Å². The second-order valence-corrected chi connectivity index (χ2v) is 5.45. The average molecular weight is 347 g/mol. The summed E-state index contributed by atoms with van der Waals surface area (Å²) in [5, 5.41) is 5.80. The first kappa shape index (κ1) is 17.3. The van der Waals surface area contributed by atoms with Gasteiger partial charge in [0.1, 0.15) is 5.76 Å². The highest BCUT2D eigenvalue weighted by molar-refractivity contribution is 6.31. The summed E-state index contributed by atoms with van der Waals surface area (Å²) in [6.45, 7) is 3.50. The van der Waals surface area contributed by atoms with Gasteiger partial charge in [-0.05, 0) is 38.5 Å². The Morgan fingerprint density at radius 1 is 1.35 bits per heavy atom. The Bertz CT molecular complexity index is 706. The van der Waals surface area contributed by atoms with Gasteiger partial charge in [0.15, 0.2) is 0 Å². The Labute approximate surface area is 135 Å². The third-order valence-electron chi connectivity index (χ3n) is 3.34. The summed E-state index contributed by atoms with van der Waals surface area (Å²) in [5.74, 6) is 0.224. The molecule has 23 heavy (non-hydrogen) atoms. The zero-order valence-corrected chi connectivity index (χ0v) is 13.2. The number of aryl methyl sites for hydroxylation is 2. The van der Waals surface area contributed by atoms with Crippen LogP contribution in [0.15, 0.2) is 22.7 Å². The summed E-state index contributed by atoms with van der Waals surface area (Å²) in [6, 6.07) is 3.25. The van der Waals surface area contributed by atoms with E-state index in [1.807, 2.05) is 0 Å². The van der Waals surface area contributed by atoms with E-state index in [1.165, 1.54) is 6.07 Å². The van der Waals surface area contributed by atoms with Crippen LogP contribution in [0.3, 0.4) is 0 Å². The second-order valence-electron chi connectivity index (χ2n) is 5.04. The smallest absolute Gasteiger partial charge is 0.361 e. The molecule has 0 aliphatic heterocycles. The molecule has 124 valence electrons. The van der Waals surface area contributed by atoms with Crippen molar-refractivity contribution in [1.29, 1.82) is 0 Å². The normalized spacial score (nSPS) is 11.6. The Morgan fingerprint density at radius 3 is 2.61 bits per heavy atom. The summed E-state index contributed by atoms with van der Waals surface area (Å²) in [6.07, 6.45) is -4.08. The number of aromatic nitrogens is 1. The summed E-state index contributed by atoms with van der Waals surface area (Å²) in [4.78, 5) is 11.9. The van der Waals surface area contributed by atoms with Crippen LogP contribution >= 0.6 is 11.6 Å². The maximum Gasteiger partial charge on any atom is 0.417 e. The fraction of sp³-hybridized carbons (Fsp3) is 0.333. The summed E-state index contributed by atoms with van der Waals surface area (Å²) >= 11 is 5.53. The molecule has 0 saturated heterocycles. The Kier molecular flexibility index (Phi) is 4.99. The number of amides is 1. The van der Waals surface area contributed by atoms with Crippen molar-refractivity contribution >= 4 is 23.2 Å². The molecule has 0 fully saturated rings. The lowest BCUT2D eigenvalue weighted by atomic mass is 10.1. The van der Waals surface area contributed by atoms with Crippen LogP contribution in [0.25, 0.3) is 0 Å². The van der Waals surface area contributed by atoms with E-state index in [9.17, 15) is 18.0 Å². The number of nitrogens with zero attached hydrogens (tertiary/aromatic N) is 1. The number of alkyl halides is 3. The molecule has 4 nitrogen and oxygen atoms in total. The minimum atomic E-state index is -4.57. The van der Waals surface area contributed by atoms with Gasteiger partial charge in [-0.25, -0.2) is 0 Å². The molecule has 1 aromatic heterocycles. The third-order valence-corrected chi connectivity index (χ3v) is 3.67. The van der Waals surface area contributed by atoms with E-state index in [2.05, 4.69) is 10.5 Å². The van der Waals surface area contributed by atoms with Gasteiger partial charge in [0.25, 0.3) is 0 Å². The number of rotatable bonds is 4. The molecule has 0 spiro atoms. The molecule has 0 bridgehead atoms. The molecular weight excluding hydrogens is 333 g/mol. The second kappa shape index (κ2) is 6.62. The van der Waals surface area contributed by atoms with Gasteiger partial charge in [-0.3, -0.25) is 4.79 Å². The van der Waals surface area contributed by atoms with Crippen molar-refractivity contribution in [2.24, 2.45) is 0 Å². The van der Waals surface area contributed by atoms with E-state index in [-0.39, 0.29) is 12.1 Å². The van der Waals surface area contributed by atoms with E-state index in [0.717, 1.165) is 17.7 Å². The van der Waals surface area contributed by atoms with Crippen molar-refractivity contribution < 1.29 is 22.5 Å². The molecule has 2 aromatic rings. The number of hydrogen-bond donors (Lipinski definition) is 1. The molecule has 1 N–H and O–H groups in total. The monoisotopic (exact) mass is 346 g/mol. The first-order valence-corrected chi connectivity index (χ1v) is 7.14. The predicted molar refractivity (Wildman–Crippen MR) is 79.4 cm³/mol. The summed E-state index contributed by atoms with van der Waals surface area (Å²) < 4.78 is 43.3. The zero-order valence-electron chi connectivity index (χ0n) is 12.4. The van der Waals surface area contributed by atoms with Crippen molar-refractivity contribution in [3.63, 3.8) is 0 Å².